The second-order valence-corrected chi connectivity index (χ2v) is 4.70. The number of carboxylic acids is 1. The molecule has 108 valence electrons. The molecule has 0 aliphatic carbocycles. The van der Waals surface area contributed by atoms with Crippen molar-refractivity contribution in [3.63, 3.8) is 0 Å². The molecule has 4 nitrogen and oxygen atoms in total. The van der Waals surface area contributed by atoms with Gasteiger partial charge >= 0.3 is 5.97 Å². The highest BCUT2D eigenvalue weighted by Crippen LogP contribution is 2.16. The van der Waals surface area contributed by atoms with E-state index in [2.05, 4.69) is 0 Å². The molecule has 2 rings (SSSR count). The summed E-state index contributed by atoms with van der Waals surface area (Å²) in [5.41, 5.74) is 1.30. The second kappa shape index (κ2) is 6.70. The van der Waals surface area contributed by atoms with Crippen LogP contribution in [-0.2, 0) is 11.2 Å². The summed E-state index contributed by atoms with van der Waals surface area (Å²) in [4.78, 5) is 22.8. The van der Waals surface area contributed by atoms with Gasteiger partial charge in [0.25, 0.3) is 0 Å². The fourth-order valence-electron chi connectivity index (χ4n) is 1.96. The lowest BCUT2D eigenvalue weighted by Gasteiger charge is -2.14. The number of carboxylic acid groups (broad SMARTS) is 1. The molecule has 21 heavy (non-hydrogen) atoms. The maximum absolute atomic E-state index is 12.2. The normalized spacial score (nSPS) is 11.7. The quantitative estimate of drug-likeness (QED) is 0.828. The maximum Gasteiger partial charge on any atom is 0.307 e. The molecule has 1 unspecified atom stereocenters. The predicted octanol–water partition coefficient (Wildman–Crippen LogP) is 2.96. The molecule has 0 aliphatic rings. The molecule has 2 aromatic carbocycles. The smallest absolute Gasteiger partial charge is 0.307 e. The third-order valence-corrected chi connectivity index (χ3v) is 3.02. The molecule has 2 aromatic rings. The number of carbonyl (C=O) groups excluding carboxylic acids is 1. The highest BCUT2D eigenvalue weighted by atomic mass is 16.5. The average Bonchev–Trinajstić information content (AvgIpc) is 2.49. The lowest BCUT2D eigenvalue weighted by molar-refractivity contribution is -0.136. The molecule has 0 radical (unpaired) electrons. The number of Topliss-reactive ketones (excluding diaryl/α,β-unsaturated/α-hetero) is 1. The number of benzene rings is 2. The van der Waals surface area contributed by atoms with E-state index in [4.69, 9.17) is 9.84 Å². The molecule has 0 aromatic heterocycles. The van der Waals surface area contributed by atoms with Gasteiger partial charge in [-0.2, -0.15) is 0 Å². The van der Waals surface area contributed by atoms with Crippen molar-refractivity contribution < 1.29 is 19.4 Å². The summed E-state index contributed by atoms with van der Waals surface area (Å²) in [5.74, 6) is -0.428. The minimum absolute atomic E-state index is 0.0290. The molecule has 1 N–H and O–H groups in total. The Balaban J connectivity index is 2.01. The molecule has 0 aliphatic heterocycles. The Morgan fingerprint density at radius 3 is 2.24 bits per heavy atom. The summed E-state index contributed by atoms with van der Waals surface area (Å²) < 4.78 is 5.59. The second-order valence-electron chi connectivity index (χ2n) is 4.70. The van der Waals surface area contributed by atoms with Crippen LogP contribution in [0.15, 0.2) is 54.6 Å². The summed E-state index contributed by atoms with van der Waals surface area (Å²) in [6.07, 6.45) is -0.628. The van der Waals surface area contributed by atoms with Gasteiger partial charge in [-0.25, -0.2) is 0 Å². The van der Waals surface area contributed by atoms with E-state index in [9.17, 15) is 9.59 Å². The monoisotopic (exact) mass is 284 g/mol. The lowest BCUT2D eigenvalue weighted by atomic mass is 10.1. The van der Waals surface area contributed by atoms with Crippen LogP contribution in [0.5, 0.6) is 5.75 Å². The van der Waals surface area contributed by atoms with Gasteiger partial charge in [-0.3, -0.25) is 9.59 Å². The molecule has 0 amide bonds. The Bertz CT molecular complexity index is 617. The van der Waals surface area contributed by atoms with Gasteiger partial charge in [0.05, 0.1) is 6.42 Å². The first kappa shape index (κ1) is 14.8. The van der Waals surface area contributed by atoms with Crippen LogP contribution < -0.4 is 4.74 Å². The largest absolute Gasteiger partial charge is 0.483 e. The maximum atomic E-state index is 12.2. The fraction of sp³-hybridized carbons (Fsp3) is 0.176. The van der Waals surface area contributed by atoms with Crippen molar-refractivity contribution in [2.24, 2.45) is 0 Å². The van der Waals surface area contributed by atoms with E-state index < -0.39 is 12.1 Å². The number of ketones is 1. The summed E-state index contributed by atoms with van der Waals surface area (Å²) in [5, 5.41) is 8.70. The van der Waals surface area contributed by atoms with E-state index in [0.29, 0.717) is 16.9 Å². The predicted molar refractivity (Wildman–Crippen MR) is 78.6 cm³/mol. The Hall–Kier alpha value is -2.62. The van der Waals surface area contributed by atoms with Crippen LogP contribution in [0.4, 0.5) is 0 Å². The lowest BCUT2D eigenvalue weighted by Crippen LogP contribution is -2.23. The average molecular weight is 284 g/mol. The molecular weight excluding hydrogens is 268 g/mol. The third-order valence-electron chi connectivity index (χ3n) is 3.02. The Morgan fingerprint density at radius 1 is 1.05 bits per heavy atom. The first-order chi connectivity index (χ1) is 10.1. The van der Waals surface area contributed by atoms with E-state index in [1.807, 2.05) is 6.07 Å². The van der Waals surface area contributed by atoms with Crippen LogP contribution in [-0.4, -0.2) is 23.0 Å². The van der Waals surface area contributed by atoms with Gasteiger partial charge in [0, 0.05) is 5.56 Å². The number of hydrogen-bond acceptors (Lipinski definition) is 3. The van der Waals surface area contributed by atoms with Gasteiger partial charge in [-0.05, 0) is 24.6 Å². The first-order valence-electron chi connectivity index (χ1n) is 6.63. The van der Waals surface area contributed by atoms with Gasteiger partial charge < -0.3 is 9.84 Å². The van der Waals surface area contributed by atoms with Crippen molar-refractivity contribution in [2.45, 2.75) is 19.4 Å². The molecule has 0 bridgehead atoms. The van der Waals surface area contributed by atoms with Crippen molar-refractivity contribution in [1.29, 1.82) is 0 Å². The minimum atomic E-state index is -0.878. The van der Waals surface area contributed by atoms with Crippen LogP contribution in [0, 0.1) is 0 Å². The van der Waals surface area contributed by atoms with Gasteiger partial charge in [0.15, 0.2) is 6.10 Å². The van der Waals surface area contributed by atoms with Gasteiger partial charge in [0.2, 0.25) is 5.78 Å². The molecule has 0 fully saturated rings. The SMILES string of the molecule is CC(Oc1ccc(CC(=O)O)cc1)C(=O)c1ccccc1. The Kier molecular flexibility index (Phi) is 4.72. The number of rotatable bonds is 6. The zero-order valence-electron chi connectivity index (χ0n) is 11.7. The third kappa shape index (κ3) is 4.18. The fourth-order valence-corrected chi connectivity index (χ4v) is 1.96. The van der Waals surface area contributed by atoms with Gasteiger partial charge in [-0.1, -0.05) is 42.5 Å². The number of carbonyl (C=O) groups is 2. The van der Waals surface area contributed by atoms with Crippen LogP contribution in [0.2, 0.25) is 0 Å². The zero-order chi connectivity index (χ0) is 15.2. The standard InChI is InChI=1S/C17H16O4/c1-12(17(20)14-5-3-2-4-6-14)21-15-9-7-13(8-10-15)11-16(18)19/h2-10,12H,11H2,1H3,(H,18,19). The molecule has 4 heteroatoms. The van der Waals surface area contributed by atoms with Crippen molar-refractivity contribution in [1.82, 2.24) is 0 Å². The van der Waals surface area contributed by atoms with Crippen molar-refractivity contribution in [2.75, 3.05) is 0 Å². The van der Waals surface area contributed by atoms with Crippen LogP contribution in [0.25, 0.3) is 0 Å². The van der Waals surface area contributed by atoms with Crippen LogP contribution in [0.3, 0.4) is 0 Å². The molecule has 1 atom stereocenters. The van der Waals surface area contributed by atoms with Gasteiger partial charge in [-0.15, -0.1) is 0 Å². The molecule has 0 saturated heterocycles. The topological polar surface area (TPSA) is 63.6 Å². The first-order valence-corrected chi connectivity index (χ1v) is 6.63. The van der Waals surface area contributed by atoms with E-state index in [0.717, 1.165) is 0 Å². The summed E-state index contributed by atoms with van der Waals surface area (Å²) in [6.45, 7) is 1.69. The molecule has 0 spiro atoms. The molecular formula is C17H16O4. The Labute approximate surface area is 123 Å². The molecule has 0 saturated carbocycles. The van der Waals surface area contributed by atoms with Crippen molar-refractivity contribution in [3.8, 4) is 5.75 Å². The number of ether oxygens (including phenoxy) is 1. The van der Waals surface area contributed by atoms with Crippen molar-refractivity contribution in [3.05, 3.63) is 65.7 Å². The summed E-state index contributed by atoms with van der Waals surface area (Å²) >= 11 is 0. The Morgan fingerprint density at radius 2 is 1.67 bits per heavy atom. The summed E-state index contributed by atoms with van der Waals surface area (Å²) in [6, 6.07) is 15.7. The highest BCUT2D eigenvalue weighted by Gasteiger charge is 2.16. The van der Waals surface area contributed by atoms with E-state index >= 15 is 0 Å². The van der Waals surface area contributed by atoms with E-state index in [1.165, 1.54) is 0 Å². The zero-order valence-corrected chi connectivity index (χ0v) is 11.7. The molecule has 0 heterocycles. The van der Waals surface area contributed by atoms with Crippen molar-refractivity contribution >= 4 is 11.8 Å². The van der Waals surface area contributed by atoms with Crippen LogP contribution >= 0.6 is 0 Å². The van der Waals surface area contributed by atoms with E-state index in [-0.39, 0.29) is 12.2 Å². The van der Waals surface area contributed by atoms with E-state index in [1.54, 1.807) is 55.5 Å². The highest BCUT2D eigenvalue weighted by molar-refractivity contribution is 5.99. The number of hydrogen-bond donors (Lipinski definition) is 1. The number of aliphatic carboxylic acids is 1. The summed E-state index contributed by atoms with van der Waals surface area (Å²) in [7, 11) is 0. The minimum Gasteiger partial charge on any atom is -0.483 e. The van der Waals surface area contributed by atoms with Crippen LogP contribution in [0.1, 0.15) is 22.8 Å². The van der Waals surface area contributed by atoms with Gasteiger partial charge in [0.1, 0.15) is 5.75 Å².